The zero-order valence-electron chi connectivity index (χ0n) is 9.36. The van der Waals surface area contributed by atoms with Crippen molar-refractivity contribution in [3.63, 3.8) is 0 Å². The average molecular weight is 304 g/mol. The van der Waals surface area contributed by atoms with Crippen molar-refractivity contribution >= 4 is 15.9 Å². The van der Waals surface area contributed by atoms with Gasteiger partial charge < -0.3 is 15.2 Å². The Bertz CT molecular complexity index is 383. The fourth-order valence-electron chi connectivity index (χ4n) is 1.86. The van der Waals surface area contributed by atoms with Crippen LogP contribution in [0.5, 0.6) is 0 Å². The maximum atomic E-state index is 13.1. The van der Waals surface area contributed by atoms with Crippen LogP contribution in [0, 0.1) is 5.82 Å². The Morgan fingerprint density at radius 3 is 2.82 bits per heavy atom. The van der Waals surface area contributed by atoms with E-state index in [1.807, 2.05) is 0 Å². The van der Waals surface area contributed by atoms with Gasteiger partial charge in [0.25, 0.3) is 0 Å². The van der Waals surface area contributed by atoms with Gasteiger partial charge in [0, 0.05) is 16.9 Å². The largest absolute Gasteiger partial charge is 0.350 e. The van der Waals surface area contributed by atoms with Crippen LogP contribution < -0.4 is 5.73 Å². The number of hydrogen-bond donors (Lipinski definition) is 1. The van der Waals surface area contributed by atoms with E-state index in [0.717, 1.165) is 10.0 Å². The summed E-state index contributed by atoms with van der Waals surface area (Å²) >= 11 is 3.39. The summed E-state index contributed by atoms with van der Waals surface area (Å²) in [7, 11) is 0. The quantitative estimate of drug-likeness (QED) is 0.927. The summed E-state index contributed by atoms with van der Waals surface area (Å²) in [6, 6.07) is 4.51. The molecule has 3 nitrogen and oxygen atoms in total. The standard InChI is InChI=1S/C12H15BrFNO2/c13-11-2-1-9(14)5-8(11)6-10(15)7-12-16-3-4-17-12/h1-2,5,10,12H,3-4,6-7,15H2. The number of halogens is 2. The molecule has 5 heteroatoms. The molecule has 0 aromatic heterocycles. The van der Waals surface area contributed by atoms with Gasteiger partial charge in [-0.1, -0.05) is 15.9 Å². The lowest BCUT2D eigenvalue weighted by Crippen LogP contribution is -2.29. The van der Waals surface area contributed by atoms with Crippen molar-refractivity contribution in [3.05, 3.63) is 34.1 Å². The summed E-state index contributed by atoms with van der Waals surface area (Å²) < 4.78 is 24.6. The van der Waals surface area contributed by atoms with Crippen molar-refractivity contribution in [2.75, 3.05) is 13.2 Å². The molecule has 0 saturated carbocycles. The molecule has 17 heavy (non-hydrogen) atoms. The molecule has 0 radical (unpaired) electrons. The fourth-order valence-corrected chi connectivity index (χ4v) is 2.26. The van der Waals surface area contributed by atoms with Gasteiger partial charge in [-0.15, -0.1) is 0 Å². The summed E-state index contributed by atoms with van der Waals surface area (Å²) in [4.78, 5) is 0. The van der Waals surface area contributed by atoms with Crippen LogP contribution in [0.4, 0.5) is 4.39 Å². The lowest BCUT2D eigenvalue weighted by atomic mass is 10.0. The Morgan fingerprint density at radius 2 is 2.12 bits per heavy atom. The van der Waals surface area contributed by atoms with Crippen LogP contribution in [-0.2, 0) is 15.9 Å². The van der Waals surface area contributed by atoms with Gasteiger partial charge in [0.05, 0.1) is 13.2 Å². The second kappa shape index (κ2) is 5.91. The van der Waals surface area contributed by atoms with Gasteiger partial charge in [-0.3, -0.25) is 0 Å². The molecule has 2 rings (SSSR count). The molecule has 0 aliphatic carbocycles. The van der Waals surface area contributed by atoms with Gasteiger partial charge >= 0.3 is 0 Å². The highest BCUT2D eigenvalue weighted by atomic mass is 79.9. The molecule has 1 aromatic carbocycles. The molecule has 0 spiro atoms. The van der Waals surface area contributed by atoms with Gasteiger partial charge in [-0.05, 0) is 30.2 Å². The van der Waals surface area contributed by atoms with E-state index < -0.39 is 0 Å². The number of nitrogens with two attached hydrogens (primary N) is 1. The Kier molecular flexibility index (Phi) is 4.50. The van der Waals surface area contributed by atoms with E-state index >= 15 is 0 Å². The minimum absolute atomic E-state index is 0.101. The first-order valence-corrected chi connectivity index (χ1v) is 6.37. The average Bonchev–Trinajstić information content (AvgIpc) is 2.76. The molecule has 1 aliphatic rings. The Labute approximate surface area is 108 Å². The van der Waals surface area contributed by atoms with E-state index in [-0.39, 0.29) is 18.1 Å². The number of benzene rings is 1. The van der Waals surface area contributed by atoms with Crippen molar-refractivity contribution in [3.8, 4) is 0 Å². The molecule has 2 N–H and O–H groups in total. The van der Waals surface area contributed by atoms with Crippen molar-refractivity contribution in [2.24, 2.45) is 5.73 Å². The monoisotopic (exact) mass is 303 g/mol. The molecular weight excluding hydrogens is 289 g/mol. The van der Waals surface area contributed by atoms with Crippen molar-refractivity contribution in [2.45, 2.75) is 25.2 Å². The maximum Gasteiger partial charge on any atom is 0.159 e. The van der Waals surface area contributed by atoms with Gasteiger partial charge in [0.1, 0.15) is 5.82 Å². The van der Waals surface area contributed by atoms with Crippen LogP contribution in [0.2, 0.25) is 0 Å². The molecule has 1 atom stereocenters. The van der Waals surface area contributed by atoms with E-state index in [1.54, 1.807) is 6.07 Å². The van der Waals surface area contributed by atoms with Crippen LogP contribution >= 0.6 is 15.9 Å². The lowest BCUT2D eigenvalue weighted by molar-refractivity contribution is -0.0504. The highest BCUT2D eigenvalue weighted by Crippen LogP contribution is 2.20. The third-order valence-electron chi connectivity index (χ3n) is 2.68. The third kappa shape index (κ3) is 3.74. The maximum absolute atomic E-state index is 13.1. The predicted molar refractivity (Wildman–Crippen MR) is 66.1 cm³/mol. The molecule has 1 heterocycles. The second-order valence-electron chi connectivity index (χ2n) is 4.11. The Hall–Kier alpha value is -0.490. The van der Waals surface area contributed by atoms with E-state index in [0.29, 0.717) is 26.1 Å². The molecule has 1 aliphatic heterocycles. The summed E-state index contributed by atoms with van der Waals surface area (Å²) in [5.74, 6) is -0.247. The summed E-state index contributed by atoms with van der Waals surface area (Å²) in [6.07, 6.45) is 1.02. The molecule has 94 valence electrons. The van der Waals surface area contributed by atoms with Crippen molar-refractivity contribution in [1.82, 2.24) is 0 Å². The van der Waals surface area contributed by atoms with Gasteiger partial charge in [-0.2, -0.15) is 0 Å². The SMILES string of the molecule is NC(Cc1cc(F)ccc1Br)CC1OCCO1. The molecule has 0 amide bonds. The summed E-state index contributed by atoms with van der Waals surface area (Å²) in [5, 5.41) is 0. The van der Waals surface area contributed by atoms with E-state index in [9.17, 15) is 4.39 Å². The molecular formula is C12H15BrFNO2. The first-order valence-electron chi connectivity index (χ1n) is 5.58. The minimum Gasteiger partial charge on any atom is -0.350 e. The minimum atomic E-state index is -0.247. The highest BCUT2D eigenvalue weighted by Gasteiger charge is 2.20. The van der Waals surface area contributed by atoms with Crippen molar-refractivity contribution < 1.29 is 13.9 Å². The molecule has 1 unspecified atom stereocenters. The smallest absolute Gasteiger partial charge is 0.159 e. The summed E-state index contributed by atoms with van der Waals surface area (Å²) in [6.45, 7) is 1.25. The van der Waals surface area contributed by atoms with Gasteiger partial charge in [0.2, 0.25) is 0 Å². The van der Waals surface area contributed by atoms with E-state index in [2.05, 4.69) is 15.9 Å². The van der Waals surface area contributed by atoms with Crippen LogP contribution in [0.1, 0.15) is 12.0 Å². The van der Waals surface area contributed by atoms with Gasteiger partial charge in [-0.25, -0.2) is 4.39 Å². The highest BCUT2D eigenvalue weighted by molar-refractivity contribution is 9.10. The second-order valence-corrected chi connectivity index (χ2v) is 4.96. The van der Waals surface area contributed by atoms with E-state index in [1.165, 1.54) is 12.1 Å². The topological polar surface area (TPSA) is 44.5 Å². The first kappa shape index (κ1) is 13.0. The van der Waals surface area contributed by atoms with Crippen LogP contribution in [0.25, 0.3) is 0 Å². The van der Waals surface area contributed by atoms with Crippen molar-refractivity contribution in [1.29, 1.82) is 0 Å². The fraction of sp³-hybridized carbons (Fsp3) is 0.500. The first-order chi connectivity index (χ1) is 8.15. The summed E-state index contributed by atoms with van der Waals surface area (Å²) in [5.41, 5.74) is 6.87. The Morgan fingerprint density at radius 1 is 1.41 bits per heavy atom. The molecule has 1 aromatic rings. The van der Waals surface area contributed by atoms with Crippen LogP contribution in [0.15, 0.2) is 22.7 Å². The predicted octanol–water partition coefficient (Wildman–Crippen LogP) is 2.22. The normalized spacial score (nSPS) is 18.5. The number of ether oxygens (including phenoxy) is 2. The number of hydrogen-bond acceptors (Lipinski definition) is 3. The molecule has 1 fully saturated rings. The number of rotatable bonds is 4. The lowest BCUT2D eigenvalue weighted by Gasteiger charge is -2.16. The molecule has 1 saturated heterocycles. The zero-order valence-corrected chi connectivity index (χ0v) is 11.0. The third-order valence-corrected chi connectivity index (χ3v) is 3.45. The van der Waals surface area contributed by atoms with Crippen LogP contribution in [0.3, 0.4) is 0 Å². The van der Waals surface area contributed by atoms with Gasteiger partial charge in [0.15, 0.2) is 6.29 Å². The van der Waals surface area contributed by atoms with E-state index in [4.69, 9.17) is 15.2 Å². The Balaban J connectivity index is 1.92. The van der Waals surface area contributed by atoms with Crippen LogP contribution in [-0.4, -0.2) is 25.5 Å². The molecule has 0 bridgehead atoms. The zero-order chi connectivity index (χ0) is 12.3.